The highest BCUT2D eigenvalue weighted by Crippen LogP contribution is 2.35. The SMILES string of the molecule is Cc1cc2c(-c3cnc(-c4ccccc4C)c(F)c3)cccc2s1. The van der Waals surface area contributed by atoms with Gasteiger partial charge in [0.15, 0.2) is 0 Å². The molecule has 0 saturated heterocycles. The van der Waals surface area contributed by atoms with Gasteiger partial charge in [-0.05, 0) is 43.2 Å². The molecule has 2 aromatic carbocycles. The van der Waals surface area contributed by atoms with Gasteiger partial charge in [0.1, 0.15) is 11.5 Å². The quantitative estimate of drug-likeness (QED) is 0.414. The minimum absolute atomic E-state index is 0.286. The topological polar surface area (TPSA) is 12.9 Å². The van der Waals surface area contributed by atoms with Crippen molar-refractivity contribution in [1.82, 2.24) is 4.98 Å². The van der Waals surface area contributed by atoms with Crippen molar-refractivity contribution in [3.63, 3.8) is 0 Å². The van der Waals surface area contributed by atoms with Gasteiger partial charge in [-0.3, -0.25) is 4.98 Å². The second kappa shape index (κ2) is 5.84. The number of aromatic nitrogens is 1. The van der Waals surface area contributed by atoms with Crippen molar-refractivity contribution < 1.29 is 4.39 Å². The molecule has 4 aromatic rings. The van der Waals surface area contributed by atoms with Crippen LogP contribution in [0.1, 0.15) is 10.4 Å². The lowest BCUT2D eigenvalue weighted by Crippen LogP contribution is -1.93. The van der Waals surface area contributed by atoms with Gasteiger partial charge in [0.25, 0.3) is 0 Å². The Hall–Kier alpha value is -2.52. The first-order valence-corrected chi connectivity index (χ1v) is 8.66. The van der Waals surface area contributed by atoms with Crippen molar-refractivity contribution in [2.24, 2.45) is 0 Å². The van der Waals surface area contributed by atoms with E-state index in [0.717, 1.165) is 27.6 Å². The number of pyridine rings is 1. The van der Waals surface area contributed by atoms with Crippen LogP contribution in [0.25, 0.3) is 32.5 Å². The third-order valence-corrected chi connectivity index (χ3v) is 5.25. The van der Waals surface area contributed by atoms with Gasteiger partial charge < -0.3 is 0 Å². The number of rotatable bonds is 2. The number of fused-ring (bicyclic) bond motifs is 1. The van der Waals surface area contributed by atoms with Crippen LogP contribution in [0.5, 0.6) is 0 Å². The molecule has 0 atom stereocenters. The van der Waals surface area contributed by atoms with E-state index in [1.807, 2.05) is 43.3 Å². The van der Waals surface area contributed by atoms with Crippen molar-refractivity contribution in [3.8, 4) is 22.4 Å². The van der Waals surface area contributed by atoms with E-state index >= 15 is 0 Å². The predicted octanol–water partition coefficient (Wildman–Crippen LogP) is 6.39. The molecule has 2 aromatic heterocycles. The number of nitrogens with zero attached hydrogens (tertiary/aromatic N) is 1. The zero-order valence-corrected chi connectivity index (χ0v) is 14.3. The highest BCUT2D eigenvalue weighted by Gasteiger charge is 2.13. The van der Waals surface area contributed by atoms with Crippen molar-refractivity contribution >= 4 is 21.4 Å². The van der Waals surface area contributed by atoms with Gasteiger partial charge in [0.2, 0.25) is 0 Å². The molecule has 0 saturated carbocycles. The number of aryl methyl sites for hydroxylation is 2. The molecular formula is C21H16FNS. The van der Waals surface area contributed by atoms with Gasteiger partial charge in [-0.15, -0.1) is 11.3 Å². The minimum Gasteiger partial charge on any atom is -0.253 e. The smallest absolute Gasteiger partial charge is 0.150 e. The third-order valence-electron chi connectivity index (χ3n) is 4.24. The zero-order chi connectivity index (χ0) is 16.7. The Bertz CT molecular complexity index is 1050. The molecular weight excluding hydrogens is 317 g/mol. The van der Waals surface area contributed by atoms with Gasteiger partial charge in [0.05, 0.1) is 0 Å². The second-order valence-electron chi connectivity index (χ2n) is 5.94. The molecule has 1 nitrogen and oxygen atoms in total. The van der Waals surface area contributed by atoms with E-state index < -0.39 is 0 Å². The van der Waals surface area contributed by atoms with Crippen LogP contribution in [0.15, 0.2) is 60.8 Å². The molecule has 0 spiro atoms. The van der Waals surface area contributed by atoms with Crippen LogP contribution in [0.4, 0.5) is 4.39 Å². The van der Waals surface area contributed by atoms with Crippen LogP contribution < -0.4 is 0 Å². The molecule has 0 amide bonds. The van der Waals surface area contributed by atoms with E-state index in [9.17, 15) is 4.39 Å². The van der Waals surface area contributed by atoms with Gasteiger partial charge in [-0.25, -0.2) is 4.39 Å². The summed E-state index contributed by atoms with van der Waals surface area (Å²) in [7, 11) is 0. The van der Waals surface area contributed by atoms with Crippen LogP contribution in [0.3, 0.4) is 0 Å². The Labute approximate surface area is 144 Å². The third kappa shape index (κ3) is 2.51. The van der Waals surface area contributed by atoms with E-state index in [-0.39, 0.29) is 5.82 Å². The summed E-state index contributed by atoms with van der Waals surface area (Å²) in [5, 5.41) is 1.16. The molecule has 3 heteroatoms. The first-order chi connectivity index (χ1) is 11.6. The van der Waals surface area contributed by atoms with Crippen LogP contribution in [-0.4, -0.2) is 4.98 Å². The zero-order valence-electron chi connectivity index (χ0n) is 13.5. The van der Waals surface area contributed by atoms with Crippen molar-refractivity contribution in [3.05, 3.63) is 77.1 Å². The molecule has 0 radical (unpaired) electrons. The van der Waals surface area contributed by atoms with E-state index in [4.69, 9.17) is 0 Å². The highest BCUT2D eigenvalue weighted by atomic mass is 32.1. The Morgan fingerprint density at radius 3 is 2.50 bits per heavy atom. The number of thiophene rings is 1. The Morgan fingerprint density at radius 1 is 0.917 bits per heavy atom. The lowest BCUT2D eigenvalue weighted by Gasteiger charge is -2.09. The number of halogens is 1. The summed E-state index contributed by atoms with van der Waals surface area (Å²) in [6.45, 7) is 4.06. The fourth-order valence-corrected chi connectivity index (χ4v) is 4.01. The number of hydrogen-bond acceptors (Lipinski definition) is 2. The first-order valence-electron chi connectivity index (χ1n) is 7.84. The fraction of sp³-hybridized carbons (Fsp3) is 0.0952. The van der Waals surface area contributed by atoms with Crippen molar-refractivity contribution in [1.29, 1.82) is 0 Å². The summed E-state index contributed by atoms with van der Waals surface area (Å²) in [6, 6.07) is 17.6. The number of hydrogen-bond donors (Lipinski definition) is 0. The van der Waals surface area contributed by atoms with Crippen molar-refractivity contribution in [2.45, 2.75) is 13.8 Å². The monoisotopic (exact) mass is 333 g/mol. The summed E-state index contributed by atoms with van der Waals surface area (Å²) < 4.78 is 16.0. The van der Waals surface area contributed by atoms with Crippen molar-refractivity contribution in [2.75, 3.05) is 0 Å². The van der Waals surface area contributed by atoms with Gasteiger partial charge in [-0.2, -0.15) is 0 Å². The van der Waals surface area contributed by atoms with Crippen LogP contribution in [0, 0.1) is 19.7 Å². The second-order valence-corrected chi connectivity index (χ2v) is 7.23. The van der Waals surface area contributed by atoms with Crippen LogP contribution in [0.2, 0.25) is 0 Å². The maximum atomic E-state index is 14.7. The predicted molar refractivity (Wildman–Crippen MR) is 99.9 cm³/mol. The standard InChI is InChI=1S/C21H16FNS/c1-13-6-3-4-7-16(13)21-19(22)11-15(12-23-21)17-8-5-9-20-18(17)10-14(2)24-20/h3-12H,1-2H3. The summed E-state index contributed by atoms with van der Waals surface area (Å²) in [5.41, 5.74) is 4.11. The summed E-state index contributed by atoms with van der Waals surface area (Å²) in [6.07, 6.45) is 1.77. The minimum atomic E-state index is -0.286. The Balaban J connectivity index is 1.86. The van der Waals surface area contributed by atoms with E-state index in [1.165, 1.54) is 9.58 Å². The Morgan fingerprint density at radius 2 is 1.71 bits per heavy atom. The van der Waals surface area contributed by atoms with Gasteiger partial charge >= 0.3 is 0 Å². The average Bonchev–Trinajstić information content (AvgIpc) is 2.95. The molecule has 118 valence electrons. The van der Waals surface area contributed by atoms with E-state index in [2.05, 4.69) is 24.0 Å². The summed E-state index contributed by atoms with van der Waals surface area (Å²) in [4.78, 5) is 5.68. The van der Waals surface area contributed by atoms with Crippen LogP contribution in [-0.2, 0) is 0 Å². The molecule has 0 aliphatic heterocycles. The average molecular weight is 333 g/mol. The number of benzene rings is 2. The Kier molecular flexibility index (Phi) is 3.66. The summed E-state index contributed by atoms with van der Waals surface area (Å²) in [5.74, 6) is -0.286. The molecule has 0 N–H and O–H groups in total. The first kappa shape index (κ1) is 15.0. The maximum Gasteiger partial charge on any atom is 0.150 e. The van der Waals surface area contributed by atoms with Gasteiger partial charge in [0, 0.05) is 32.3 Å². The largest absolute Gasteiger partial charge is 0.253 e. The molecule has 0 bridgehead atoms. The lowest BCUT2D eigenvalue weighted by atomic mass is 10.0. The van der Waals surface area contributed by atoms with Crippen LogP contribution >= 0.6 is 11.3 Å². The van der Waals surface area contributed by atoms with E-state index in [0.29, 0.717) is 5.69 Å². The summed E-state index contributed by atoms with van der Waals surface area (Å²) >= 11 is 1.75. The lowest BCUT2D eigenvalue weighted by molar-refractivity contribution is 0.626. The van der Waals surface area contributed by atoms with E-state index in [1.54, 1.807) is 23.6 Å². The highest BCUT2D eigenvalue weighted by molar-refractivity contribution is 7.19. The molecule has 0 aliphatic carbocycles. The molecule has 24 heavy (non-hydrogen) atoms. The molecule has 4 rings (SSSR count). The molecule has 0 unspecified atom stereocenters. The molecule has 0 aliphatic rings. The van der Waals surface area contributed by atoms with Gasteiger partial charge in [-0.1, -0.05) is 36.4 Å². The molecule has 2 heterocycles. The molecule has 0 fully saturated rings. The normalized spacial score (nSPS) is 11.1. The fourth-order valence-electron chi connectivity index (χ4n) is 3.06. The maximum absolute atomic E-state index is 14.7.